The van der Waals surface area contributed by atoms with Crippen molar-refractivity contribution in [2.75, 3.05) is 0 Å². The second-order valence-corrected chi connectivity index (χ2v) is 3.61. The molecular weight excluding hydrogens is 221 g/mol. The third kappa shape index (κ3) is 2.66. The van der Waals surface area contributed by atoms with Gasteiger partial charge in [-0.3, -0.25) is 4.98 Å². The van der Waals surface area contributed by atoms with Crippen molar-refractivity contribution >= 4 is 5.97 Å². The van der Waals surface area contributed by atoms with Crippen LogP contribution in [0.3, 0.4) is 0 Å². The lowest BCUT2D eigenvalue weighted by Gasteiger charge is -2.03. The maximum atomic E-state index is 13.4. The van der Waals surface area contributed by atoms with Gasteiger partial charge < -0.3 is 5.11 Å². The molecule has 0 atom stereocenters. The molecule has 0 spiro atoms. The Morgan fingerprint density at radius 3 is 2.76 bits per heavy atom. The normalized spacial score (nSPS) is 10.2. The van der Waals surface area contributed by atoms with Gasteiger partial charge in [0, 0.05) is 18.3 Å². The molecule has 0 aliphatic rings. The number of carbonyl (C=O) groups is 1. The number of nitrogens with zero attached hydrogens (tertiary/aromatic N) is 1. The molecule has 0 radical (unpaired) electrons. The van der Waals surface area contributed by atoms with E-state index in [4.69, 9.17) is 5.11 Å². The Morgan fingerprint density at radius 1 is 1.29 bits per heavy atom. The van der Waals surface area contributed by atoms with Gasteiger partial charge >= 0.3 is 5.97 Å². The predicted molar refractivity (Wildman–Crippen MR) is 60.4 cm³/mol. The summed E-state index contributed by atoms with van der Waals surface area (Å²) in [5, 5.41) is 8.83. The number of rotatable bonds is 3. The van der Waals surface area contributed by atoms with Crippen LogP contribution in [-0.2, 0) is 6.42 Å². The molecule has 17 heavy (non-hydrogen) atoms. The standard InChI is InChI=1S/C13H10FNO2/c14-12-4-2-1-3-9(12)7-11-8-10(13(16)17)5-6-15-11/h1-6,8H,7H2,(H,16,17). The zero-order valence-electron chi connectivity index (χ0n) is 8.93. The Balaban J connectivity index is 2.28. The van der Waals surface area contributed by atoms with Crippen LogP contribution < -0.4 is 0 Å². The van der Waals surface area contributed by atoms with E-state index in [0.717, 1.165) is 0 Å². The Labute approximate surface area is 97.6 Å². The lowest BCUT2D eigenvalue weighted by molar-refractivity contribution is 0.0696. The van der Waals surface area contributed by atoms with Crippen molar-refractivity contribution in [3.05, 3.63) is 65.2 Å². The average molecular weight is 231 g/mol. The van der Waals surface area contributed by atoms with Crippen molar-refractivity contribution in [3.63, 3.8) is 0 Å². The Hall–Kier alpha value is -2.23. The molecule has 3 nitrogen and oxygen atoms in total. The van der Waals surface area contributed by atoms with E-state index >= 15 is 0 Å². The molecule has 1 aromatic heterocycles. The lowest BCUT2D eigenvalue weighted by Crippen LogP contribution is -2.00. The number of pyridine rings is 1. The Bertz CT molecular complexity index is 555. The Kier molecular flexibility index (Phi) is 3.14. The number of hydrogen-bond acceptors (Lipinski definition) is 2. The SMILES string of the molecule is O=C(O)c1ccnc(Cc2ccccc2F)c1. The van der Waals surface area contributed by atoms with Crippen molar-refractivity contribution in [1.82, 2.24) is 4.98 Å². The molecule has 1 aromatic carbocycles. The summed E-state index contributed by atoms with van der Waals surface area (Å²) in [4.78, 5) is 14.8. The number of benzene rings is 1. The van der Waals surface area contributed by atoms with Gasteiger partial charge in [-0.05, 0) is 23.8 Å². The molecule has 0 bridgehead atoms. The predicted octanol–water partition coefficient (Wildman–Crippen LogP) is 2.51. The molecule has 0 saturated carbocycles. The van der Waals surface area contributed by atoms with Crippen LogP contribution in [0.15, 0.2) is 42.6 Å². The minimum atomic E-state index is -1.01. The van der Waals surface area contributed by atoms with Crippen LogP contribution in [0.5, 0.6) is 0 Å². The third-order valence-corrected chi connectivity index (χ3v) is 2.39. The first-order valence-corrected chi connectivity index (χ1v) is 5.08. The highest BCUT2D eigenvalue weighted by molar-refractivity contribution is 5.87. The van der Waals surface area contributed by atoms with Gasteiger partial charge in [0.1, 0.15) is 5.82 Å². The summed E-state index contributed by atoms with van der Waals surface area (Å²) in [6.07, 6.45) is 1.70. The summed E-state index contributed by atoms with van der Waals surface area (Å²) < 4.78 is 13.4. The molecule has 2 rings (SSSR count). The van der Waals surface area contributed by atoms with E-state index in [1.54, 1.807) is 18.2 Å². The molecule has 0 saturated heterocycles. The first-order valence-electron chi connectivity index (χ1n) is 5.08. The molecule has 0 unspecified atom stereocenters. The van der Waals surface area contributed by atoms with Crippen molar-refractivity contribution in [2.45, 2.75) is 6.42 Å². The Morgan fingerprint density at radius 2 is 2.06 bits per heavy atom. The molecule has 1 heterocycles. The van der Waals surface area contributed by atoms with E-state index in [-0.39, 0.29) is 17.8 Å². The van der Waals surface area contributed by atoms with Gasteiger partial charge in [-0.25, -0.2) is 9.18 Å². The van der Waals surface area contributed by atoms with Crippen molar-refractivity contribution < 1.29 is 14.3 Å². The number of aromatic carboxylic acids is 1. The minimum absolute atomic E-state index is 0.159. The van der Waals surface area contributed by atoms with Gasteiger partial charge in [0.25, 0.3) is 0 Å². The largest absolute Gasteiger partial charge is 0.478 e. The van der Waals surface area contributed by atoms with E-state index in [0.29, 0.717) is 11.3 Å². The fourth-order valence-electron chi connectivity index (χ4n) is 1.54. The molecule has 0 aliphatic heterocycles. The molecule has 0 amide bonds. The molecule has 2 aromatic rings. The molecule has 0 fully saturated rings. The summed E-state index contributed by atoms with van der Waals surface area (Å²) >= 11 is 0. The number of carboxylic acid groups (broad SMARTS) is 1. The monoisotopic (exact) mass is 231 g/mol. The van der Waals surface area contributed by atoms with Crippen LogP contribution in [0.25, 0.3) is 0 Å². The van der Waals surface area contributed by atoms with Crippen LogP contribution in [0, 0.1) is 5.82 Å². The fraction of sp³-hybridized carbons (Fsp3) is 0.0769. The smallest absolute Gasteiger partial charge is 0.335 e. The third-order valence-electron chi connectivity index (χ3n) is 2.39. The van der Waals surface area contributed by atoms with E-state index in [2.05, 4.69) is 4.98 Å². The van der Waals surface area contributed by atoms with Gasteiger partial charge in [0.2, 0.25) is 0 Å². The highest BCUT2D eigenvalue weighted by Crippen LogP contribution is 2.12. The van der Waals surface area contributed by atoms with Crippen molar-refractivity contribution in [3.8, 4) is 0 Å². The summed E-state index contributed by atoms with van der Waals surface area (Å²) in [5.74, 6) is -1.32. The van der Waals surface area contributed by atoms with Crippen LogP contribution in [0.1, 0.15) is 21.6 Å². The van der Waals surface area contributed by atoms with Gasteiger partial charge in [-0.2, -0.15) is 0 Å². The molecule has 1 N–H and O–H groups in total. The fourth-order valence-corrected chi connectivity index (χ4v) is 1.54. The topological polar surface area (TPSA) is 50.2 Å². The highest BCUT2D eigenvalue weighted by atomic mass is 19.1. The maximum absolute atomic E-state index is 13.4. The average Bonchev–Trinajstić information content (AvgIpc) is 2.32. The summed E-state index contributed by atoms with van der Waals surface area (Å²) in [6.45, 7) is 0. The zero-order valence-corrected chi connectivity index (χ0v) is 8.93. The zero-order chi connectivity index (χ0) is 12.3. The summed E-state index contributed by atoms with van der Waals surface area (Å²) in [5.41, 5.74) is 1.20. The second-order valence-electron chi connectivity index (χ2n) is 3.61. The molecular formula is C13H10FNO2. The number of halogens is 1. The second kappa shape index (κ2) is 4.74. The maximum Gasteiger partial charge on any atom is 0.335 e. The summed E-state index contributed by atoms with van der Waals surface area (Å²) in [6, 6.07) is 9.24. The van der Waals surface area contributed by atoms with Gasteiger partial charge in [-0.1, -0.05) is 18.2 Å². The molecule has 86 valence electrons. The van der Waals surface area contributed by atoms with Crippen molar-refractivity contribution in [2.24, 2.45) is 0 Å². The van der Waals surface area contributed by atoms with Gasteiger partial charge in [0.05, 0.1) is 5.56 Å². The van der Waals surface area contributed by atoms with Gasteiger partial charge in [0.15, 0.2) is 0 Å². The minimum Gasteiger partial charge on any atom is -0.478 e. The van der Waals surface area contributed by atoms with Crippen LogP contribution in [0.4, 0.5) is 4.39 Å². The lowest BCUT2D eigenvalue weighted by atomic mass is 10.1. The first kappa shape index (κ1) is 11.3. The highest BCUT2D eigenvalue weighted by Gasteiger charge is 2.07. The number of aromatic nitrogens is 1. The summed E-state index contributed by atoms with van der Waals surface area (Å²) in [7, 11) is 0. The van der Waals surface area contributed by atoms with E-state index in [1.165, 1.54) is 24.4 Å². The molecule has 0 aliphatic carbocycles. The van der Waals surface area contributed by atoms with E-state index in [1.807, 2.05) is 0 Å². The number of carboxylic acids is 1. The molecule has 4 heteroatoms. The van der Waals surface area contributed by atoms with Crippen LogP contribution in [0.2, 0.25) is 0 Å². The quantitative estimate of drug-likeness (QED) is 0.882. The van der Waals surface area contributed by atoms with Crippen molar-refractivity contribution in [1.29, 1.82) is 0 Å². The van der Waals surface area contributed by atoms with Crippen LogP contribution >= 0.6 is 0 Å². The first-order chi connectivity index (χ1) is 8.16. The van der Waals surface area contributed by atoms with Crippen LogP contribution in [-0.4, -0.2) is 16.1 Å². The van der Waals surface area contributed by atoms with E-state index in [9.17, 15) is 9.18 Å². The number of hydrogen-bond donors (Lipinski definition) is 1. The van der Waals surface area contributed by atoms with E-state index < -0.39 is 5.97 Å². The van der Waals surface area contributed by atoms with Gasteiger partial charge in [-0.15, -0.1) is 0 Å².